The minimum absolute atomic E-state index is 0.0475. The van der Waals surface area contributed by atoms with Crippen molar-refractivity contribution < 1.29 is 14.6 Å². The molecule has 1 N–H and O–H groups in total. The lowest BCUT2D eigenvalue weighted by Gasteiger charge is -2.73. The van der Waals surface area contributed by atoms with Crippen LogP contribution in [0, 0.1) is 56.7 Å². The van der Waals surface area contributed by atoms with E-state index in [9.17, 15) is 9.90 Å². The van der Waals surface area contributed by atoms with E-state index in [0.29, 0.717) is 34.5 Å². The molecule has 5 saturated carbocycles. The molecule has 0 aromatic rings. The minimum Gasteiger partial charge on any atom is -0.462 e. The van der Waals surface area contributed by atoms with Crippen molar-refractivity contribution in [3.05, 3.63) is 12.2 Å². The molecule has 5 rings (SSSR count). The van der Waals surface area contributed by atoms with Crippen LogP contribution in [0.15, 0.2) is 12.2 Å². The van der Waals surface area contributed by atoms with E-state index in [1.807, 2.05) is 0 Å². The van der Waals surface area contributed by atoms with Gasteiger partial charge in [0.25, 0.3) is 0 Å². The lowest BCUT2D eigenvalue weighted by Crippen LogP contribution is -2.66. The zero-order valence-corrected chi connectivity index (χ0v) is 33.8. The van der Waals surface area contributed by atoms with Crippen LogP contribution in [0.25, 0.3) is 0 Å². The quantitative estimate of drug-likeness (QED) is 0.100. The van der Waals surface area contributed by atoms with Gasteiger partial charge in [0.05, 0.1) is 12.5 Å². The number of allylic oxidation sites excluding steroid dienone is 1. The number of hydrogen-bond donors (Lipinski definition) is 1. The molecule has 49 heavy (non-hydrogen) atoms. The Morgan fingerprint density at radius 2 is 1.37 bits per heavy atom. The Balaban J connectivity index is 1.13. The second-order valence-corrected chi connectivity index (χ2v) is 20.4. The Labute approximate surface area is 304 Å². The first-order valence-corrected chi connectivity index (χ1v) is 21.7. The van der Waals surface area contributed by atoms with Gasteiger partial charge < -0.3 is 9.84 Å². The van der Waals surface area contributed by atoms with E-state index in [1.165, 1.54) is 115 Å². The fourth-order valence-corrected chi connectivity index (χ4v) is 14.2. The van der Waals surface area contributed by atoms with Gasteiger partial charge >= 0.3 is 5.97 Å². The molecule has 0 unspecified atom stereocenters. The second-order valence-electron chi connectivity index (χ2n) is 20.4. The molecule has 0 saturated heterocycles. The SMILES string of the molecule is C=C(C)[C@@H]1CC[C@]2(C)CC[C@]3(C)[C@H](CC[C@@H]4[C@@]5(C)CC[C@H](OC(=O)C[C@@H](O)CCCCCCCCCCCCC)C(C)(C)[C@@H]5CC[C@]43C)[C@@H]12. The number of aliphatic hydroxyl groups excluding tert-OH is 1. The molecule has 0 aliphatic heterocycles. The van der Waals surface area contributed by atoms with Gasteiger partial charge in [0.15, 0.2) is 0 Å². The van der Waals surface area contributed by atoms with E-state index in [-0.39, 0.29) is 29.3 Å². The molecule has 5 fully saturated rings. The highest BCUT2D eigenvalue weighted by atomic mass is 16.5. The van der Waals surface area contributed by atoms with E-state index < -0.39 is 6.10 Å². The standard InChI is InChI=1S/C46H80O3/c1-10-11-12-13-14-15-16-17-18-19-20-21-34(47)32-40(48)49-39-26-28-44(7)37(42(39,4)5)25-29-46(9)38(44)23-22-36-41-35(33(2)3)24-27-43(41,6)30-31-45(36,46)8/h34-39,41,47H,2,10-32H2,1,3-9H3/t34-,35-,36+,37-,38+,39-,41+,43+,44-,45+,46+/m0/s1. The smallest absolute Gasteiger partial charge is 0.308 e. The predicted octanol–water partition coefficient (Wildman–Crippen LogP) is 13.0. The monoisotopic (exact) mass is 681 g/mol. The minimum atomic E-state index is -0.573. The normalized spacial score (nSPS) is 41.6. The number of carbonyl (C=O) groups excluding carboxylic acids is 1. The van der Waals surface area contributed by atoms with Gasteiger partial charge in [-0.3, -0.25) is 4.79 Å². The first-order valence-electron chi connectivity index (χ1n) is 21.7. The maximum atomic E-state index is 13.2. The average molecular weight is 681 g/mol. The molecular formula is C46H80O3. The highest BCUT2D eigenvalue weighted by molar-refractivity contribution is 5.70. The lowest BCUT2D eigenvalue weighted by atomic mass is 9.32. The van der Waals surface area contributed by atoms with Crippen molar-refractivity contribution in [3.8, 4) is 0 Å². The molecular weight excluding hydrogens is 601 g/mol. The van der Waals surface area contributed by atoms with Crippen LogP contribution in [0.4, 0.5) is 0 Å². The number of fused-ring (bicyclic) bond motifs is 7. The third-order valence-corrected chi connectivity index (χ3v) is 17.2. The van der Waals surface area contributed by atoms with Crippen LogP contribution in [-0.2, 0) is 9.53 Å². The molecule has 5 aliphatic rings. The van der Waals surface area contributed by atoms with E-state index >= 15 is 0 Å². The maximum absolute atomic E-state index is 13.2. The topological polar surface area (TPSA) is 46.5 Å². The molecule has 0 aromatic heterocycles. The largest absolute Gasteiger partial charge is 0.462 e. The fourth-order valence-electron chi connectivity index (χ4n) is 14.2. The number of hydrogen-bond acceptors (Lipinski definition) is 3. The number of rotatable bonds is 16. The second kappa shape index (κ2) is 15.6. The Morgan fingerprint density at radius 3 is 2.00 bits per heavy atom. The highest BCUT2D eigenvalue weighted by Gasteiger charge is 2.70. The van der Waals surface area contributed by atoms with Crippen LogP contribution in [0.5, 0.6) is 0 Å². The summed E-state index contributed by atoms with van der Waals surface area (Å²) in [6.07, 6.45) is 27.5. The molecule has 5 aliphatic carbocycles. The van der Waals surface area contributed by atoms with Crippen molar-refractivity contribution in [2.24, 2.45) is 56.7 Å². The van der Waals surface area contributed by atoms with Crippen molar-refractivity contribution in [3.63, 3.8) is 0 Å². The Kier molecular flexibility index (Phi) is 12.6. The average Bonchev–Trinajstić information content (AvgIpc) is 3.39. The summed E-state index contributed by atoms with van der Waals surface area (Å²) in [6.45, 7) is 24.7. The van der Waals surface area contributed by atoms with Gasteiger partial charge in [0.2, 0.25) is 0 Å². The van der Waals surface area contributed by atoms with Gasteiger partial charge in [-0.15, -0.1) is 0 Å². The zero-order chi connectivity index (χ0) is 35.7. The molecule has 0 radical (unpaired) electrons. The molecule has 0 amide bonds. The molecule has 0 heterocycles. The highest BCUT2D eigenvalue weighted by Crippen LogP contribution is 2.77. The summed E-state index contributed by atoms with van der Waals surface area (Å²) in [4.78, 5) is 13.2. The van der Waals surface area contributed by atoms with E-state index in [1.54, 1.807) is 0 Å². The Morgan fingerprint density at radius 1 is 0.735 bits per heavy atom. The first-order chi connectivity index (χ1) is 23.1. The summed E-state index contributed by atoms with van der Waals surface area (Å²) in [5, 5.41) is 10.7. The summed E-state index contributed by atoms with van der Waals surface area (Å²) in [5.74, 6) is 3.46. The van der Waals surface area contributed by atoms with E-state index in [4.69, 9.17) is 4.74 Å². The van der Waals surface area contributed by atoms with Crippen molar-refractivity contribution in [1.29, 1.82) is 0 Å². The third kappa shape index (κ3) is 7.51. The van der Waals surface area contributed by atoms with Crippen LogP contribution in [0.3, 0.4) is 0 Å². The summed E-state index contributed by atoms with van der Waals surface area (Å²) in [6, 6.07) is 0. The zero-order valence-electron chi connectivity index (χ0n) is 33.8. The molecule has 11 atom stereocenters. The van der Waals surface area contributed by atoms with Crippen molar-refractivity contribution >= 4 is 5.97 Å². The summed E-state index contributed by atoms with van der Waals surface area (Å²) in [5.41, 5.74) is 2.93. The summed E-state index contributed by atoms with van der Waals surface area (Å²) in [7, 11) is 0. The van der Waals surface area contributed by atoms with Gasteiger partial charge in [-0.25, -0.2) is 0 Å². The van der Waals surface area contributed by atoms with Crippen molar-refractivity contribution in [2.45, 2.75) is 215 Å². The Hall–Kier alpha value is -0.830. The maximum Gasteiger partial charge on any atom is 0.308 e. The lowest BCUT2D eigenvalue weighted by molar-refractivity contribution is -0.249. The summed E-state index contributed by atoms with van der Waals surface area (Å²) >= 11 is 0. The van der Waals surface area contributed by atoms with Crippen LogP contribution in [0.1, 0.15) is 203 Å². The fraction of sp³-hybridized carbons (Fsp3) is 0.935. The molecule has 3 heteroatoms. The van der Waals surface area contributed by atoms with Gasteiger partial charge in [-0.2, -0.15) is 0 Å². The Bertz CT molecular complexity index is 1130. The number of aliphatic hydroxyl groups is 1. The number of carbonyl (C=O) groups is 1. The molecule has 0 bridgehead atoms. The van der Waals surface area contributed by atoms with Crippen LogP contribution in [-0.4, -0.2) is 23.3 Å². The summed E-state index contributed by atoms with van der Waals surface area (Å²) < 4.78 is 6.33. The van der Waals surface area contributed by atoms with Gasteiger partial charge in [-0.1, -0.05) is 131 Å². The molecule has 282 valence electrons. The van der Waals surface area contributed by atoms with Crippen LogP contribution >= 0.6 is 0 Å². The van der Waals surface area contributed by atoms with Crippen molar-refractivity contribution in [1.82, 2.24) is 0 Å². The first kappa shape index (κ1) is 39.4. The molecule has 3 nitrogen and oxygen atoms in total. The van der Waals surface area contributed by atoms with E-state index in [2.05, 4.69) is 62.0 Å². The third-order valence-electron chi connectivity index (χ3n) is 17.2. The van der Waals surface area contributed by atoms with Crippen LogP contribution < -0.4 is 0 Å². The number of ether oxygens (including phenoxy) is 1. The molecule has 0 aromatic carbocycles. The van der Waals surface area contributed by atoms with Gasteiger partial charge in [0.1, 0.15) is 6.10 Å². The van der Waals surface area contributed by atoms with Crippen molar-refractivity contribution in [2.75, 3.05) is 0 Å². The molecule has 0 spiro atoms. The van der Waals surface area contributed by atoms with Crippen LogP contribution in [0.2, 0.25) is 0 Å². The van der Waals surface area contributed by atoms with Gasteiger partial charge in [-0.05, 0) is 129 Å². The predicted molar refractivity (Wildman–Crippen MR) is 206 cm³/mol. The van der Waals surface area contributed by atoms with Gasteiger partial charge in [0, 0.05) is 5.41 Å². The number of esters is 1. The van der Waals surface area contributed by atoms with E-state index in [0.717, 1.165) is 43.4 Å². The number of unbranched alkanes of at least 4 members (excludes halogenated alkanes) is 10.